The lowest BCUT2D eigenvalue weighted by atomic mass is 10.1. The maximum atomic E-state index is 13.7. The summed E-state index contributed by atoms with van der Waals surface area (Å²) in [5, 5.41) is 6.84. The van der Waals surface area contributed by atoms with Crippen LogP contribution in [0.3, 0.4) is 0 Å². The molecule has 0 fully saturated rings. The highest BCUT2D eigenvalue weighted by molar-refractivity contribution is 5.76. The van der Waals surface area contributed by atoms with Gasteiger partial charge in [0.25, 0.3) is 0 Å². The molecule has 3 aromatic rings. The molecule has 0 aliphatic rings. The van der Waals surface area contributed by atoms with Crippen LogP contribution < -0.4 is 10.1 Å². The van der Waals surface area contributed by atoms with Gasteiger partial charge in [-0.3, -0.25) is 4.79 Å². The standard InChI is InChI=1S/C23H24F3N3O2/c1-15-12-16(2)29(28-15)19-8-7-18(21(13-19)23(24,25)26)14-27-22(30)11-6-17-4-9-20(31-3)10-5-17/h4-5,7-10,12-13H,6,11,14H2,1-3H3,(H,27,30). The third-order valence-electron chi connectivity index (χ3n) is 4.93. The number of nitrogens with one attached hydrogen (secondary N) is 1. The molecule has 0 radical (unpaired) electrons. The van der Waals surface area contributed by atoms with Crippen LogP contribution in [-0.4, -0.2) is 22.8 Å². The summed E-state index contributed by atoms with van der Waals surface area (Å²) in [6, 6.07) is 13.1. The number of amides is 1. The van der Waals surface area contributed by atoms with Crippen LogP contribution in [-0.2, 0) is 23.9 Å². The third kappa shape index (κ3) is 5.65. The van der Waals surface area contributed by atoms with Crippen LogP contribution in [0, 0.1) is 13.8 Å². The van der Waals surface area contributed by atoms with Crippen molar-refractivity contribution in [2.45, 2.75) is 39.4 Å². The maximum absolute atomic E-state index is 13.7. The number of carbonyl (C=O) groups is 1. The Bertz CT molecular complexity index is 1060. The quantitative estimate of drug-likeness (QED) is 0.587. The molecular weight excluding hydrogens is 407 g/mol. The molecule has 0 unspecified atom stereocenters. The Morgan fingerprint density at radius 3 is 2.39 bits per heavy atom. The van der Waals surface area contributed by atoms with E-state index in [0.29, 0.717) is 12.1 Å². The number of ether oxygens (including phenoxy) is 1. The Morgan fingerprint density at radius 2 is 1.81 bits per heavy atom. The fourth-order valence-corrected chi connectivity index (χ4v) is 3.34. The fraction of sp³-hybridized carbons (Fsp3) is 0.304. The zero-order valence-corrected chi connectivity index (χ0v) is 17.6. The van der Waals surface area contributed by atoms with Crippen LogP contribution in [0.25, 0.3) is 5.69 Å². The average molecular weight is 431 g/mol. The second kappa shape index (κ2) is 9.24. The van der Waals surface area contributed by atoms with Gasteiger partial charge in [0.15, 0.2) is 0 Å². The van der Waals surface area contributed by atoms with Gasteiger partial charge in [-0.05, 0) is 61.7 Å². The monoisotopic (exact) mass is 431 g/mol. The summed E-state index contributed by atoms with van der Waals surface area (Å²) in [6.07, 6.45) is -3.88. The summed E-state index contributed by atoms with van der Waals surface area (Å²) in [6.45, 7) is 3.36. The molecule has 3 rings (SSSR count). The van der Waals surface area contributed by atoms with Crippen molar-refractivity contribution < 1.29 is 22.7 Å². The molecular formula is C23H24F3N3O2. The number of nitrogens with zero attached hydrogens (tertiary/aromatic N) is 2. The molecule has 164 valence electrons. The predicted octanol–water partition coefficient (Wildman–Crippen LogP) is 4.77. The van der Waals surface area contributed by atoms with Gasteiger partial charge < -0.3 is 10.1 Å². The largest absolute Gasteiger partial charge is 0.497 e. The minimum atomic E-state index is -4.55. The topological polar surface area (TPSA) is 56.1 Å². The number of methoxy groups -OCH3 is 1. The van der Waals surface area contributed by atoms with E-state index in [9.17, 15) is 18.0 Å². The Labute approximate surface area is 178 Å². The summed E-state index contributed by atoms with van der Waals surface area (Å²) >= 11 is 0. The summed E-state index contributed by atoms with van der Waals surface area (Å²) in [7, 11) is 1.57. The molecule has 0 saturated carbocycles. The van der Waals surface area contributed by atoms with Crippen LogP contribution >= 0.6 is 0 Å². The molecule has 1 aromatic heterocycles. The molecule has 31 heavy (non-hydrogen) atoms. The highest BCUT2D eigenvalue weighted by Gasteiger charge is 2.34. The zero-order valence-electron chi connectivity index (χ0n) is 17.6. The number of rotatable bonds is 7. The number of aromatic nitrogens is 2. The number of alkyl halides is 3. The van der Waals surface area contributed by atoms with Crippen molar-refractivity contribution in [3.63, 3.8) is 0 Å². The van der Waals surface area contributed by atoms with Gasteiger partial charge in [0.2, 0.25) is 5.91 Å². The summed E-state index contributed by atoms with van der Waals surface area (Å²) in [5.74, 6) is 0.406. The summed E-state index contributed by atoms with van der Waals surface area (Å²) in [5.41, 5.74) is 1.96. The van der Waals surface area contributed by atoms with Crippen molar-refractivity contribution in [2.75, 3.05) is 7.11 Å². The lowest BCUT2D eigenvalue weighted by Crippen LogP contribution is -2.25. The van der Waals surface area contributed by atoms with Crippen LogP contribution in [0.4, 0.5) is 13.2 Å². The van der Waals surface area contributed by atoms with E-state index >= 15 is 0 Å². The van der Waals surface area contributed by atoms with Crippen molar-refractivity contribution in [3.8, 4) is 11.4 Å². The number of benzene rings is 2. The van der Waals surface area contributed by atoms with Crippen molar-refractivity contribution in [1.82, 2.24) is 15.1 Å². The fourth-order valence-electron chi connectivity index (χ4n) is 3.34. The summed E-state index contributed by atoms with van der Waals surface area (Å²) in [4.78, 5) is 12.2. The van der Waals surface area contributed by atoms with Gasteiger partial charge in [-0.2, -0.15) is 18.3 Å². The molecule has 2 aromatic carbocycles. The van der Waals surface area contributed by atoms with Gasteiger partial charge in [-0.1, -0.05) is 18.2 Å². The van der Waals surface area contributed by atoms with Crippen molar-refractivity contribution in [1.29, 1.82) is 0 Å². The molecule has 0 spiro atoms. The van der Waals surface area contributed by atoms with Crippen molar-refractivity contribution in [3.05, 3.63) is 76.6 Å². The first kappa shape index (κ1) is 22.4. The lowest BCUT2D eigenvalue weighted by molar-refractivity contribution is -0.138. The Morgan fingerprint density at radius 1 is 1.10 bits per heavy atom. The van der Waals surface area contributed by atoms with E-state index in [1.807, 2.05) is 12.1 Å². The molecule has 0 aliphatic heterocycles. The van der Waals surface area contributed by atoms with E-state index in [1.165, 1.54) is 10.7 Å². The predicted molar refractivity (Wildman–Crippen MR) is 111 cm³/mol. The molecule has 1 amide bonds. The van der Waals surface area contributed by atoms with Crippen LogP contribution in [0.5, 0.6) is 5.75 Å². The van der Waals surface area contributed by atoms with E-state index in [1.54, 1.807) is 45.2 Å². The molecule has 0 saturated heterocycles. The van der Waals surface area contributed by atoms with E-state index in [-0.39, 0.29) is 24.4 Å². The average Bonchev–Trinajstić information content (AvgIpc) is 3.08. The lowest BCUT2D eigenvalue weighted by Gasteiger charge is -2.16. The first-order valence-electron chi connectivity index (χ1n) is 9.81. The number of hydrogen-bond donors (Lipinski definition) is 1. The number of hydrogen-bond acceptors (Lipinski definition) is 3. The molecule has 0 bridgehead atoms. The molecule has 0 aliphatic carbocycles. The minimum absolute atomic E-state index is 0.00979. The first-order valence-corrected chi connectivity index (χ1v) is 9.81. The van der Waals surface area contributed by atoms with E-state index in [4.69, 9.17) is 4.74 Å². The van der Waals surface area contributed by atoms with Gasteiger partial charge in [-0.15, -0.1) is 0 Å². The minimum Gasteiger partial charge on any atom is -0.497 e. The molecule has 1 N–H and O–H groups in total. The molecule has 5 nitrogen and oxygen atoms in total. The number of aryl methyl sites for hydroxylation is 3. The van der Waals surface area contributed by atoms with E-state index in [0.717, 1.165) is 28.8 Å². The van der Waals surface area contributed by atoms with Crippen LogP contribution in [0.2, 0.25) is 0 Å². The number of carbonyl (C=O) groups excluding carboxylic acids is 1. The van der Waals surface area contributed by atoms with E-state index < -0.39 is 11.7 Å². The van der Waals surface area contributed by atoms with Gasteiger partial charge in [-0.25, -0.2) is 4.68 Å². The second-order valence-electron chi connectivity index (χ2n) is 7.30. The number of halogens is 3. The molecule has 0 atom stereocenters. The molecule has 8 heteroatoms. The van der Waals surface area contributed by atoms with Crippen LogP contribution in [0.15, 0.2) is 48.5 Å². The smallest absolute Gasteiger partial charge is 0.416 e. The van der Waals surface area contributed by atoms with Crippen molar-refractivity contribution >= 4 is 5.91 Å². The van der Waals surface area contributed by atoms with Crippen LogP contribution in [0.1, 0.15) is 34.5 Å². The third-order valence-corrected chi connectivity index (χ3v) is 4.93. The van der Waals surface area contributed by atoms with Gasteiger partial charge in [0, 0.05) is 18.7 Å². The Kier molecular flexibility index (Phi) is 6.68. The highest BCUT2D eigenvalue weighted by Crippen LogP contribution is 2.33. The maximum Gasteiger partial charge on any atom is 0.416 e. The van der Waals surface area contributed by atoms with Gasteiger partial charge in [0.05, 0.1) is 24.1 Å². The molecule has 1 heterocycles. The van der Waals surface area contributed by atoms with Crippen molar-refractivity contribution in [2.24, 2.45) is 0 Å². The van der Waals surface area contributed by atoms with E-state index in [2.05, 4.69) is 10.4 Å². The Hall–Kier alpha value is -3.29. The SMILES string of the molecule is COc1ccc(CCC(=O)NCc2ccc(-n3nc(C)cc3C)cc2C(F)(F)F)cc1. The Balaban J connectivity index is 1.68. The second-order valence-corrected chi connectivity index (χ2v) is 7.30. The highest BCUT2D eigenvalue weighted by atomic mass is 19.4. The van der Waals surface area contributed by atoms with Gasteiger partial charge in [0.1, 0.15) is 5.75 Å². The zero-order chi connectivity index (χ0) is 22.6. The normalized spacial score (nSPS) is 11.4. The summed E-state index contributed by atoms with van der Waals surface area (Å²) < 4.78 is 47.5. The first-order chi connectivity index (χ1) is 14.7. The van der Waals surface area contributed by atoms with Gasteiger partial charge >= 0.3 is 6.18 Å².